The zero-order valence-corrected chi connectivity index (χ0v) is 51.1. The van der Waals surface area contributed by atoms with Crippen molar-refractivity contribution in [2.45, 2.75) is 405 Å². The van der Waals surface area contributed by atoms with Gasteiger partial charge in [-0.3, -0.25) is 9.59 Å². The van der Waals surface area contributed by atoms with E-state index in [9.17, 15) is 19.8 Å². The minimum Gasteiger partial charge on any atom is -0.466 e. The highest BCUT2D eigenvalue weighted by Crippen LogP contribution is 2.19. The van der Waals surface area contributed by atoms with Crippen LogP contribution in [-0.2, 0) is 14.3 Å². The summed E-state index contributed by atoms with van der Waals surface area (Å²) in [5.74, 6) is -0.0412. The molecule has 0 saturated carbocycles. The van der Waals surface area contributed by atoms with Crippen LogP contribution in [0.1, 0.15) is 393 Å². The van der Waals surface area contributed by atoms with Gasteiger partial charge < -0.3 is 20.3 Å². The largest absolute Gasteiger partial charge is 0.466 e. The number of ether oxygens (including phenoxy) is 1. The number of carbonyl (C=O) groups is 2. The number of unbranched alkanes of at least 4 members (excludes halogenated alkanes) is 54. The van der Waals surface area contributed by atoms with Crippen LogP contribution in [0.5, 0.6) is 0 Å². The molecule has 3 N–H and O–H groups in total. The van der Waals surface area contributed by atoms with E-state index in [1.54, 1.807) is 6.08 Å². The van der Waals surface area contributed by atoms with Gasteiger partial charge in [-0.25, -0.2) is 0 Å². The topological polar surface area (TPSA) is 95.9 Å². The Morgan fingerprint density at radius 3 is 0.907 bits per heavy atom. The standard InChI is InChI=1S/C69H135NO5/c1-3-5-7-9-11-13-15-17-19-30-35-39-43-47-51-55-59-63-69(74)75-64-60-56-52-48-44-40-36-32-29-27-25-23-21-20-22-24-26-28-31-34-38-42-46-50-54-58-62-68(73)70-66(65-71)67(72)61-57-53-49-45-41-37-33-18-16-14-12-10-8-6-4-2/h57,61,66-67,71-72H,3-56,58-60,62-65H2,1-2H3,(H,70,73)/b61-57+. The molecule has 2 atom stereocenters. The molecule has 75 heavy (non-hydrogen) atoms. The first-order valence-electron chi connectivity index (χ1n) is 34.5. The van der Waals surface area contributed by atoms with Crippen molar-refractivity contribution in [2.75, 3.05) is 13.2 Å². The molecule has 6 heteroatoms. The van der Waals surface area contributed by atoms with E-state index in [1.807, 2.05) is 6.08 Å². The van der Waals surface area contributed by atoms with Gasteiger partial charge in [0.15, 0.2) is 0 Å². The van der Waals surface area contributed by atoms with E-state index in [0.717, 1.165) is 38.5 Å². The maximum atomic E-state index is 12.5. The van der Waals surface area contributed by atoms with E-state index in [-0.39, 0.29) is 18.5 Å². The number of aliphatic hydroxyl groups is 2. The summed E-state index contributed by atoms with van der Waals surface area (Å²) in [6.07, 6.45) is 80.0. The predicted molar refractivity (Wildman–Crippen MR) is 329 cm³/mol. The molecule has 6 nitrogen and oxygen atoms in total. The van der Waals surface area contributed by atoms with Gasteiger partial charge >= 0.3 is 5.97 Å². The molecule has 0 heterocycles. The Kier molecular flexibility index (Phi) is 63.9. The van der Waals surface area contributed by atoms with E-state index >= 15 is 0 Å². The highest BCUT2D eigenvalue weighted by Gasteiger charge is 2.18. The summed E-state index contributed by atoms with van der Waals surface area (Å²) in [6, 6.07) is -0.625. The Morgan fingerprint density at radius 1 is 0.360 bits per heavy atom. The van der Waals surface area contributed by atoms with Crippen LogP contribution < -0.4 is 5.32 Å². The smallest absolute Gasteiger partial charge is 0.305 e. The lowest BCUT2D eigenvalue weighted by atomic mass is 10.0. The summed E-state index contributed by atoms with van der Waals surface area (Å²) in [6.45, 7) is 4.95. The normalized spacial score (nSPS) is 12.5. The average Bonchev–Trinajstić information content (AvgIpc) is 3.41. The number of hydrogen-bond donors (Lipinski definition) is 3. The second-order valence-electron chi connectivity index (χ2n) is 23.9. The quantitative estimate of drug-likeness (QED) is 0.0320. The van der Waals surface area contributed by atoms with Gasteiger partial charge in [-0.05, 0) is 32.1 Å². The Labute approximate surface area is 469 Å². The zero-order valence-electron chi connectivity index (χ0n) is 51.1. The first kappa shape index (κ1) is 73.6. The fourth-order valence-corrected chi connectivity index (χ4v) is 11.1. The Hall–Kier alpha value is -1.40. The van der Waals surface area contributed by atoms with Crippen LogP contribution in [-0.4, -0.2) is 47.4 Å². The third-order valence-electron chi connectivity index (χ3n) is 16.3. The minimum absolute atomic E-state index is 0.0217. The van der Waals surface area contributed by atoms with Crippen molar-refractivity contribution >= 4 is 11.9 Å². The highest BCUT2D eigenvalue weighted by atomic mass is 16.5. The number of nitrogens with one attached hydrogen (secondary N) is 1. The molecule has 0 aliphatic heterocycles. The molecule has 0 aliphatic carbocycles. The van der Waals surface area contributed by atoms with Crippen LogP contribution in [0.3, 0.4) is 0 Å². The van der Waals surface area contributed by atoms with Gasteiger partial charge in [0.1, 0.15) is 0 Å². The zero-order chi connectivity index (χ0) is 54.3. The van der Waals surface area contributed by atoms with E-state index in [2.05, 4.69) is 19.2 Å². The van der Waals surface area contributed by atoms with Gasteiger partial charge in [0.05, 0.1) is 25.4 Å². The minimum atomic E-state index is -0.842. The van der Waals surface area contributed by atoms with E-state index in [0.29, 0.717) is 19.4 Å². The molecule has 1 amide bonds. The Morgan fingerprint density at radius 2 is 0.613 bits per heavy atom. The van der Waals surface area contributed by atoms with Gasteiger partial charge in [-0.1, -0.05) is 360 Å². The molecule has 0 aromatic heterocycles. The molecule has 0 aliphatic rings. The first-order valence-corrected chi connectivity index (χ1v) is 34.5. The molecule has 0 aromatic carbocycles. The van der Waals surface area contributed by atoms with E-state index in [4.69, 9.17) is 4.74 Å². The second-order valence-corrected chi connectivity index (χ2v) is 23.9. The van der Waals surface area contributed by atoms with Gasteiger partial charge in [0.2, 0.25) is 5.91 Å². The molecule has 0 spiro atoms. The molecule has 446 valence electrons. The number of aliphatic hydroxyl groups excluding tert-OH is 2. The maximum absolute atomic E-state index is 12.5. The van der Waals surface area contributed by atoms with Crippen LogP contribution in [0.25, 0.3) is 0 Å². The van der Waals surface area contributed by atoms with Crippen molar-refractivity contribution < 1.29 is 24.5 Å². The van der Waals surface area contributed by atoms with Crippen molar-refractivity contribution in [3.63, 3.8) is 0 Å². The van der Waals surface area contributed by atoms with Crippen molar-refractivity contribution in [3.05, 3.63) is 12.2 Å². The van der Waals surface area contributed by atoms with E-state index in [1.165, 1.54) is 327 Å². The molecular weight excluding hydrogens is 923 g/mol. The van der Waals surface area contributed by atoms with Crippen LogP contribution >= 0.6 is 0 Å². The summed E-state index contributed by atoms with van der Waals surface area (Å²) in [5.41, 5.74) is 0. The number of carbonyl (C=O) groups excluding carboxylic acids is 2. The van der Waals surface area contributed by atoms with Gasteiger partial charge in [0.25, 0.3) is 0 Å². The monoisotopic (exact) mass is 1060 g/mol. The van der Waals surface area contributed by atoms with Gasteiger partial charge in [-0.2, -0.15) is 0 Å². The lowest BCUT2D eigenvalue weighted by molar-refractivity contribution is -0.143. The third kappa shape index (κ3) is 61.7. The van der Waals surface area contributed by atoms with Crippen molar-refractivity contribution in [1.29, 1.82) is 0 Å². The summed E-state index contributed by atoms with van der Waals surface area (Å²) in [7, 11) is 0. The fourth-order valence-electron chi connectivity index (χ4n) is 11.1. The molecule has 0 bridgehead atoms. The number of hydrogen-bond acceptors (Lipinski definition) is 5. The van der Waals surface area contributed by atoms with Crippen LogP contribution in [0.4, 0.5) is 0 Å². The predicted octanol–water partition coefficient (Wildman–Crippen LogP) is 22.0. The Bertz CT molecular complexity index is 1130. The summed E-state index contributed by atoms with van der Waals surface area (Å²) < 4.78 is 5.51. The van der Waals surface area contributed by atoms with Crippen molar-refractivity contribution in [2.24, 2.45) is 0 Å². The Balaban J connectivity index is 3.34. The maximum Gasteiger partial charge on any atom is 0.305 e. The van der Waals surface area contributed by atoms with Crippen LogP contribution in [0.2, 0.25) is 0 Å². The van der Waals surface area contributed by atoms with Crippen LogP contribution in [0, 0.1) is 0 Å². The first-order chi connectivity index (χ1) is 37.0. The molecule has 0 radical (unpaired) electrons. The molecule has 0 rings (SSSR count). The number of rotatable bonds is 65. The molecule has 0 aromatic rings. The summed E-state index contributed by atoms with van der Waals surface area (Å²) >= 11 is 0. The molecule has 2 unspecified atom stereocenters. The molecule has 0 saturated heterocycles. The van der Waals surface area contributed by atoms with Crippen molar-refractivity contribution in [1.82, 2.24) is 5.32 Å². The van der Waals surface area contributed by atoms with Gasteiger partial charge in [0, 0.05) is 12.8 Å². The SMILES string of the molecule is CCCCCCCCCCCCCCC/C=C/C(O)C(CO)NC(=O)CCCCCCCCCCCCCCCCCCCCCCCCCCCCOC(=O)CCCCCCCCCCCCCCCCCCC. The summed E-state index contributed by atoms with van der Waals surface area (Å²) in [4.78, 5) is 24.6. The third-order valence-corrected chi connectivity index (χ3v) is 16.3. The lowest BCUT2D eigenvalue weighted by Crippen LogP contribution is -2.45. The summed E-state index contributed by atoms with van der Waals surface area (Å²) in [5, 5.41) is 23.2. The second kappa shape index (κ2) is 65.1. The van der Waals surface area contributed by atoms with Gasteiger partial charge in [-0.15, -0.1) is 0 Å². The molecular formula is C69H135NO5. The number of allylic oxidation sites excluding steroid dienone is 1. The van der Waals surface area contributed by atoms with Crippen LogP contribution in [0.15, 0.2) is 12.2 Å². The average molecular weight is 1060 g/mol. The number of amides is 1. The van der Waals surface area contributed by atoms with Crippen molar-refractivity contribution in [3.8, 4) is 0 Å². The fraction of sp³-hybridized carbons (Fsp3) is 0.942. The highest BCUT2D eigenvalue weighted by molar-refractivity contribution is 5.76. The lowest BCUT2D eigenvalue weighted by Gasteiger charge is -2.20. The van der Waals surface area contributed by atoms with E-state index < -0.39 is 12.1 Å². The molecule has 0 fully saturated rings. The number of esters is 1.